The van der Waals surface area contributed by atoms with Crippen LogP contribution in [-0.4, -0.2) is 30.4 Å². The topological polar surface area (TPSA) is 46.3 Å². The van der Waals surface area contributed by atoms with E-state index in [-0.39, 0.29) is 5.91 Å². The number of nitrogens with zero attached hydrogens (tertiary/aromatic N) is 1. The molecule has 2 aromatic rings. The van der Waals surface area contributed by atoms with Crippen molar-refractivity contribution in [2.24, 2.45) is 5.73 Å². The summed E-state index contributed by atoms with van der Waals surface area (Å²) >= 11 is 1.57. The lowest BCUT2D eigenvalue weighted by molar-refractivity contribution is 0.0767. The predicted octanol–water partition coefficient (Wildman–Crippen LogP) is 3.01. The molecule has 0 bridgehead atoms. The standard InChI is InChI=1S/C17H22N2OS/c1-13-12-16(21-14(13)2)17(20)19(11-9-18)10-8-15-6-4-3-5-7-15/h3-7,12H,8-11,18H2,1-2H3. The molecule has 0 saturated carbocycles. The summed E-state index contributed by atoms with van der Waals surface area (Å²) < 4.78 is 0. The summed E-state index contributed by atoms with van der Waals surface area (Å²) in [5.74, 6) is 0.0950. The number of benzene rings is 1. The molecule has 4 heteroatoms. The Kier molecular flexibility index (Phi) is 5.53. The summed E-state index contributed by atoms with van der Waals surface area (Å²) in [6, 6.07) is 12.2. The minimum absolute atomic E-state index is 0.0950. The van der Waals surface area contributed by atoms with Gasteiger partial charge in [0.1, 0.15) is 0 Å². The number of rotatable bonds is 6. The molecule has 1 aromatic carbocycles. The van der Waals surface area contributed by atoms with Crippen molar-refractivity contribution in [1.29, 1.82) is 0 Å². The van der Waals surface area contributed by atoms with E-state index in [0.29, 0.717) is 19.6 Å². The van der Waals surface area contributed by atoms with Gasteiger partial charge in [-0.2, -0.15) is 0 Å². The first-order valence-corrected chi connectivity index (χ1v) is 8.03. The molecule has 0 radical (unpaired) electrons. The summed E-state index contributed by atoms with van der Waals surface area (Å²) in [6.45, 7) is 5.88. The Balaban J connectivity index is 2.05. The zero-order valence-electron chi connectivity index (χ0n) is 12.6. The minimum Gasteiger partial charge on any atom is -0.336 e. The van der Waals surface area contributed by atoms with Crippen LogP contribution in [0, 0.1) is 13.8 Å². The number of hydrogen-bond donors (Lipinski definition) is 1. The van der Waals surface area contributed by atoms with Crippen molar-refractivity contribution in [3.8, 4) is 0 Å². The van der Waals surface area contributed by atoms with E-state index in [1.54, 1.807) is 11.3 Å². The van der Waals surface area contributed by atoms with Gasteiger partial charge in [0.05, 0.1) is 4.88 Å². The number of hydrogen-bond acceptors (Lipinski definition) is 3. The lowest BCUT2D eigenvalue weighted by Gasteiger charge is -2.21. The van der Waals surface area contributed by atoms with Crippen LogP contribution < -0.4 is 5.73 Å². The Labute approximate surface area is 130 Å². The molecule has 0 aliphatic carbocycles. The van der Waals surface area contributed by atoms with E-state index in [1.165, 1.54) is 16.0 Å². The van der Waals surface area contributed by atoms with Crippen LogP contribution in [0.4, 0.5) is 0 Å². The van der Waals surface area contributed by atoms with Gasteiger partial charge in [-0.15, -0.1) is 11.3 Å². The molecule has 2 N–H and O–H groups in total. The molecule has 0 aliphatic rings. The molecule has 112 valence electrons. The van der Waals surface area contributed by atoms with E-state index in [9.17, 15) is 4.79 Å². The summed E-state index contributed by atoms with van der Waals surface area (Å²) in [5.41, 5.74) is 8.08. The second kappa shape index (κ2) is 7.38. The van der Waals surface area contributed by atoms with Gasteiger partial charge in [-0.25, -0.2) is 0 Å². The molecular weight excluding hydrogens is 280 g/mol. The van der Waals surface area contributed by atoms with Crippen LogP contribution in [0.5, 0.6) is 0 Å². The molecule has 0 atom stereocenters. The van der Waals surface area contributed by atoms with Gasteiger partial charge >= 0.3 is 0 Å². The smallest absolute Gasteiger partial charge is 0.263 e. The zero-order valence-corrected chi connectivity index (χ0v) is 13.5. The van der Waals surface area contributed by atoms with Crippen molar-refractivity contribution in [2.75, 3.05) is 19.6 Å². The number of aryl methyl sites for hydroxylation is 2. The maximum Gasteiger partial charge on any atom is 0.263 e. The maximum absolute atomic E-state index is 12.6. The van der Waals surface area contributed by atoms with Crippen LogP contribution in [-0.2, 0) is 6.42 Å². The first-order chi connectivity index (χ1) is 10.1. The van der Waals surface area contributed by atoms with Crippen LogP contribution in [0.1, 0.15) is 25.7 Å². The van der Waals surface area contributed by atoms with Gasteiger partial charge in [0.2, 0.25) is 0 Å². The van der Waals surface area contributed by atoms with Crippen molar-refractivity contribution in [3.05, 3.63) is 57.3 Å². The third-order valence-corrected chi connectivity index (χ3v) is 4.72. The quantitative estimate of drug-likeness (QED) is 0.891. The second-order valence-electron chi connectivity index (χ2n) is 5.17. The second-order valence-corrected chi connectivity index (χ2v) is 6.42. The fourth-order valence-corrected chi connectivity index (χ4v) is 3.22. The molecule has 1 amide bonds. The third-order valence-electron chi connectivity index (χ3n) is 3.58. The summed E-state index contributed by atoms with van der Waals surface area (Å²) in [7, 11) is 0. The molecule has 1 heterocycles. The van der Waals surface area contributed by atoms with Crippen molar-refractivity contribution in [3.63, 3.8) is 0 Å². The SMILES string of the molecule is Cc1cc(C(=O)N(CCN)CCc2ccccc2)sc1C. The highest BCUT2D eigenvalue weighted by atomic mass is 32.1. The number of amides is 1. The van der Waals surface area contributed by atoms with Crippen molar-refractivity contribution in [1.82, 2.24) is 4.90 Å². The van der Waals surface area contributed by atoms with Gasteiger partial charge < -0.3 is 10.6 Å². The van der Waals surface area contributed by atoms with Gasteiger partial charge in [-0.1, -0.05) is 30.3 Å². The fraction of sp³-hybridized carbons (Fsp3) is 0.353. The molecule has 0 spiro atoms. The lowest BCUT2D eigenvalue weighted by Crippen LogP contribution is -2.36. The summed E-state index contributed by atoms with van der Waals surface area (Å²) in [4.78, 5) is 16.5. The lowest BCUT2D eigenvalue weighted by atomic mass is 10.1. The van der Waals surface area contributed by atoms with Gasteiger partial charge in [0.15, 0.2) is 0 Å². The Bertz CT molecular complexity index is 573. The minimum atomic E-state index is 0.0950. The molecule has 21 heavy (non-hydrogen) atoms. The summed E-state index contributed by atoms with van der Waals surface area (Å²) in [5, 5.41) is 0. The molecular formula is C17H22N2OS. The van der Waals surface area contributed by atoms with E-state index in [2.05, 4.69) is 12.1 Å². The van der Waals surface area contributed by atoms with E-state index in [0.717, 1.165) is 11.3 Å². The fourth-order valence-electron chi connectivity index (χ4n) is 2.21. The highest BCUT2D eigenvalue weighted by Crippen LogP contribution is 2.22. The first-order valence-electron chi connectivity index (χ1n) is 7.22. The van der Waals surface area contributed by atoms with Crippen LogP contribution in [0.2, 0.25) is 0 Å². The molecule has 0 aliphatic heterocycles. The van der Waals surface area contributed by atoms with Gasteiger partial charge in [-0.05, 0) is 37.5 Å². The van der Waals surface area contributed by atoms with E-state index in [1.807, 2.05) is 43.0 Å². The van der Waals surface area contributed by atoms with Crippen LogP contribution in [0.25, 0.3) is 0 Å². The molecule has 0 saturated heterocycles. The molecule has 1 aromatic heterocycles. The van der Waals surface area contributed by atoms with Crippen molar-refractivity contribution in [2.45, 2.75) is 20.3 Å². The number of carbonyl (C=O) groups is 1. The van der Waals surface area contributed by atoms with Crippen LogP contribution in [0.15, 0.2) is 36.4 Å². The van der Waals surface area contributed by atoms with Crippen LogP contribution in [0.3, 0.4) is 0 Å². The molecule has 0 unspecified atom stereocenters. The highest BCUT2D eigenvalue weighted by molar-refractivity contribution is 7.14. The van der Waals surface area contributed by atoms with Gasteiger partial charge in [0.25, 0.3) is 5.91 Å². The number of thiophene rings is 1. The first kappa shape index (κ1) is 15.7. The normalized spacial score (nSPS) is 10.6. The zero-order chi connectivity index (χ0) is 15.2. The Morgan fingerprint density at radius 2 is 1.90 bits per heavy atom. The number of carbonyl (C=O) groups excluding carboxylic acids is 1. The molecule has 0 fully saturated rings. The van der Waals surface area contributed by atoms with E-state index >= 15 is 0 Å². The summed E-state index contributed by atoms with van der Waals surface area (Å²) in [6.07, 6.45) is 0.857. The van der Waals surface area contributed by atoms with Crippen molar-refractivity contribution >= 4 is 17.2 Å². The average molecular weight is 302 g/mol. The largest absolute Gasteiger partial charge is 0.336 e. The Morgan fingerprint density at radius 1 is 1.19 bits per heavy atom. The molecule has 3 nitrogen and oxygen atoms in total. The third kappa shape index (κ3) is 4.16. The predicted molar refractivity (Wildman–Crippen MR) is 88.9 cm³/mol. The van der Waals surface area contributed by atoms with Gasteiger partial charge in [-0.3, -0.25) is 4.79 Å². The van der Waals surface area contributed by atoms with Crippen molar-refractivity contribution < 1.29 is 4.79 Å². The molecule has 2 rings (SSSR count). The van der Waals surface area contributed by atoms with E-state index < -0.39 is 0 Å². The van der Waals surface area contributed by atoms with Gasteiger partial charge in [0, 0.05) is 24.5 Å². The van der Waals surface area contributed by atoms with Crippen LogP contribution >= 0.6 is 11.3 Å². The monoisotopic (exact) mass is 302 g/mol. The Hall–Kier alpha value is -1.65. The highest BCUT2D eigenvalue weighted by Gasteiger charge is 2.17. The average Bonchev–Trinajstić information content (AvgIpc) is 2.83. The number of nitrogens with two attached hydrogens (primary N) is 1. The maximum atomic E-state index is 12.6. The van der Waals surface area contributed by atoms with E-state index in [4.69, 9.17) is 5.73 Å². The Morgan fingerprint density at radius 3 is 2.48 bits per heavy atom.